The first-order valence-corrected chi connectivity index (χ1v) is 5.39. The van der Waals surface area contributed by atoms with Crippen molar-refractivity contribution in [2.45, 2.75) is 4.90 Å². The number of fused-ring (bicyclic) bond motifs is 1. The smallest absolute Gasteiger partial charge is 0.194 e. The van der Waals surface area contributed by atoms with Crippen LogP contribution in [-0.2, 0) is 0 Å². The zero-order chi connectivity index (χ0) is 10.1. The average molecular weight is 227 g/mol. The summed E-state index contributed by atoms with van der Waals surface area (Å²) in [7, 11) is 0. The minimum absolute atomic E-state index is 0.135. The first-order chi connectivity index (χ1) is 6.72. The van der Waals surface area contributed by atoms with Crippen LogP contribution in [0.5, 0.6) is 0 Å². The first-order valence-electron chi connectivity index (χ1n) is 4.02. The van der Waals surface area contributed by atoms with E-state index in [-0.39, 0.29) is 5.78 Å². The van der Waals surface area contributed by atoms with Crippen molar-refractivity contribution in [1.29, 1.82) is 0 Å². The molecule has 1 aromatic rings. The second-order valence-corrected chi connectivity index (χ2v) is 4.37. The Balaban J connectivity index is 2.54. The van der Waals surface area contributed by atoms with Gasteiger partial charge in [-0.05, 0) is 18.2 Å². The minimum atomic E-state index is -0.135. The van der Waals surface area contributed by atoms with Crippen LogP contribution in [0.1, 0.15) is 10.4 Å². The normalized spacial score (nSPS) is 18.4. The van der Waals surface area contributed by atoms with E-state index in [0.29, 0.717) is 21.9 Å². The number of carbonyl (C=O) groups excluding carboxylic acids is 1. The van der Waals surface area contributed by atoms with Gasteiger partial charge >= 0.3 is 0 Å². The van der Waals surface area contributed by atoms with Crippen molar-refractivity contribution in [2.75, 3.05) is 5.75 Å². The lowest BCUT2D eigenvalue weighted by Gasteiger charge is -2.15. The summed E-state index contributed by atoms with van der Waals surface area (Å²) in [6, 6.07) is 5.22. The molecule has 0 amide bonds. The van der Waals surface area contributed by atoms with Crippen LogP contribution < -0.4 is 0 Å². The van der Waals surface area contributed by atoms with Crippen LogP contribution in [-0.4, -0.2) is 16.6 Å². The number of ketones is 1. The second kappa shape index (κ2) is 3.67. The molecule has 0 spiro atoms. The van der Waals surface area contributed by atoms with E-state index in [2.05, 4.69) is 0 Å². The molecule has 0 saturated carbocycles. The molecule has 1 N–H and O–H groups in total. The van der Waals surface area contributed by atoms with Gasteiger partial charge in [-0.1, -0.05) is 11.6 Å². The predicted molar refractivity (Wildman–Crippen MR) is 57.2 cm³/mol. The Bertz CT molecular complexity index is 426. The molecule has 0 fully saturated rings. The molecule has 2 nitrogen and oxygen atoms in total. The zero-order valence-corrected chi connectivity index (χ0v) is 8.73. The SMILES string of the molecule is O=C1/C(=C/O)CSc2ccc(Cl)cc21. The van der Waals surface area contributed by atoms with E-state index in [9.17, 15) is 4.79 Å². The molecule has 0 atom stereocenters. The Labute approximate surface area is 90.6 Å². The molecule has 2 rings (SSSR count). The fourth-order valence-corrected chi connectivity index (χ4v) is 2.46. The number of aliphatic hydroxyl groups excluding tert-OH is 1. The van der Waals surface area contributed by atoms with E-state index in [4.69, 9.17) is 16.7 Å². The third-order valence-electron chi connectivity index (χ3n) is 2.02. The third kappa shape index (κ3) is 1.53. The van der Waals surface area contributed by atoms with Gasteiger partial charge in [-0.25, -0.2) is 0 Å². The molecular formula is C10H7ClO2S. The van der Waals surface area contributed by atoms with Crippen LogP contribution in [0.25, 0.3) is 0 Å². The lowest BCUT2D eigenvalue weighted by molar-refractivity contribution is 0.102. The number of rotatable bonds is 0. The summed E-state index contributed by atoms with van der Waals surface area (Å²) in [4.78, 5) is 12.6. The number of Topliss-reactive ketones (excluding diaryl/α,β-unsaturated/α-hetero) is 1. The van der Waals surface area contributed by atoms with Crippen LogP contribution in [0.3, 0.4) is 0 Å². The molecule has 14 heavy (non-hydrogen) atoms. The molecular weight excluding hydrogens is 220 g/mol. The molecule has 4 heteroatoms. The van der Waals surface area contributed by atoms with Gasteiger partial charge in [0.2, 0.25) is 0 Å². The molecule has 0 unspecified atom stereocenters. The monoisotopic (exact) mass is 226 g/mol. The van der Waals surface area contributed by atoms with Crippen molar-refractivity contribution in [1.82, 2.24) is 0 Å². The lowest BCUT2D eigenvalue weighted by atomic mass is 10.1. The summed E-state index contributed by atoms with van der Waals surface area (Å²) < 4.78 is 0. The van der Waals surface area contributed by atoms with Gasteiger partial charge in [0.25, 0.3) is 0 Å². The summed E-state index contributed by atoms with van der Waals surface area (Å²) in [6.45, 7) is 0. The maximum atomic E-state index is 11.7. The van der Waals surface area contributed by atoms with Gasteiger partial charge < -0.3 is 5.11 Å². The van der Waals surface area contributed by atoms with Gasteiger partial charge in [0.05, 0.1) is 6.26 Å². The molecule has 0 aromatic heterocycles. The summed E-state index contributed by atoms with van der Waals surface area (Å²) in [6.07, 6.45) is 0.874. The number of aliphatic hydroxyl groups is 1. The summed E-state index contributed by atoms with van der Waals surface area (Å²) >= 11 is 7.32. The van der Waals surface area contributed by atoms with Gasteiger partial charge in [-0.3, -0.25) is 4.79 Å². The van der Waals surface area contributed by atoms with Crippen molar-refractivity contribution < 1.29 is 9.90 Å². The Hall–Kier alpha value is -0.930. The number of hydrogen-bond acceptors (Lipinski definition) is 3. The zero-order valence-electron chi connectivity index (χ0n) is 7.16. The molecule has 1 heterocycles. The Kier molecular flexibility index (Phi) is 2.52. The van der Waals surface area contributed by atoms with Crippen LogP contribution in [0.2, 0.25) is 5.02 Å². The van der Waals surface area contributed by atoms with Crippen molar-refractivity contribution in [2.24, 2.45) is 0 Å². The first kappa shape index (κ1) is 9.62. The minimum Gasteiger partial charge on any atom is -0.515 e. The summed E-state index contributed by atoms with van der Waals surface area (Å²) in [5.41, 5.74) is 0.999. The quantitative estimate of drug-likeness (QED) is 0.546. The largest absolute Gasteiger partial charge is 0.515 e. The lowest BCUT2D eigenvalue weighted by Crippen LogP contribution is -2.12. The van der Waals surface area contributed by atoms with E-state index in [1.165, 1.54) is 11.8 Å². The van der Waals surface area contributed by atoms with E-state index >= 15 is 0 Å². The van der Waals surface area contributed by atoms with E-state index in [0.717, 1.165) is 11.2 Å². The predicted octanol–water partition coefficient (Wildman–Crippen LogP) is 3.07. The van der Waals surface area contributed by atoms with Gasteiger partial charge in [0, 0.05) is 26.8 Å². The standard InChI is InChI=1S/C10H7ClO2S/c11-7-1-2-9-8(3-7)10(13)6(4-12)5-14-9/h1-4,12H,5H2/b6-4+. The number of thioether (sulfide) groups is 1. The molecule has 0 saturated heterocycles. The topological polar surface area (TPSA) is 37.3 Å². The molecule has 0 bridgehead atoms. The Morgan fingerprint density at radius 2 is 2.29 bits per heavy atom. The number of halogens is 1. The van der Waals surface area contributed by atoms with E-state index < -0.39 is 0 Å². The average Bonchev–Trinajstić information content (AvgIpc) is 2.20. The summed E-state index contributed by atoms with van der Waals surface area (Å²) in [5, 5.41) is 9.37. The number of carbonyl (C=O) groups is 1. The van der Waals surface area contributed by atoms with Crippen LogP contribution in [0.4, 0.5) is 0 Å². The van der Waals surface area contributed by atoms with Crippen molar-refractivity contribution in [3.05, 3.63) is 40.6 Å². The highest BCUT2D eigenvalue weighted by Crippen LogP contribution is 2.33. The maximum Gasteiger partial charge on any atom is 0.194 e. The summed E-state index contributed by atoms with van der Waals surface area (Å²) in [5.74, 6) is 0.382. The molecule has 0 radical (unpaired) electrons. The van der Waals surface area contributed by atoms with E-state index in [1.54, 1.807) is 12.1 Å². The number of hydrogen-bond donors (Lipinski definition) is 1. The highest BCUT2D eigenvalue weighted by atomic mass is 35.5. The second-order valence-electron chi connectivity index (χ2n) is 2.91. The van der Waals surface area contributed by atoms with Crippen molar-refractivity contribution in [3.8, 4) is 0 Å². The van der Waals surface area contributed by atoms with Crippen LogP contribution in [0.15, 0.2) is 34.9 Å². The van der Waals surface area contributed by atoms with Crippen LogP contribution in [0, 0.1) is 0 Å². The maximum absolute atomic E-state index is 11.7. The number of benzene rings is 1. The van der Waals surface area contributed by atoms with Crippen molar-refractivity contribution in [3.63, 3.8) is 0 Å². The fraction of sp³-hybridized carbons (Fsp3) is 0.100. The molecule has 1 aromatic carbocycles. The van der Waals surface area contributed by atoms with Gasteiger partial charge in [-0.15, -0.1) is 11.8 Å². The highest BCUT2D eigenvalue weighted by Gasteiger charge is 2.22. The fourth-order valence-electron chi connectivity index (χ4n) is 1.30. The Morgan fingerprint density at radius 1 is 1.50 bits per heavy atom. The van der Waals surface area contributed by atoms with Crippen molar-refractivity contribution >= 4 is 29.1 Å². The highest BCUT2D eigenvalue weighted by molar-refractivity contribution is 7.99. The van der Waals surface area contributed by atoms with Gasteiger partial charge in [0.15, 0.2) is 5.78 Å². The molecule has 1 aliphatic heterocycles. The van der Waals surface area contributed by atoms with Crippen LogP contribution >= 0.6 is 23.4 Å². The van der Waals surface area contributed by atoms with Gasteiger partial charge in [0.1, 0.15) is 0 Å². The molecule has 72 valence electrons. The molecule has 1 aliphatic rings. The molecule has 0 aliphatic carbocycles. The third-order valence-corrected chi connectivity index (χ3v) is 3.37. The van der Waals surface area contributed by atoms with Gasteiger partial charge in [-0.2, -0.15) is 0 Å². The van der Waals surface area contributed by atoms with E-state index in [1.807, 2.05) is 6.07 Å². The Morgan fingerprint density at radius 3 is 3.00 bits per heavy atom.